The van der Waals surface area contributed by atoms with E-state index < -0.39 is 0 Å². The molecule has 0 saturated carbocycles. The van der Waals surface area contributed by atoms with Gasteiger partial charge in [-0.1, -0.05) is 48.0 Å². The van der Waals surface area contributed by atoms with Crippen LogP contribution in [0.4, 0.5) is 5.82 Å². The first kappa shape index (κ1) is 20.6. The number of hydrogen-bond acceptors (Lipinski definition) is 5. The molecule has 0 radical (unpaired) electrons. The average Bonchev–Trinajstić information content (AvgIpc) is 2.58. The molecule has 0 aliphatic carbocycles. The molecule has 2 heterocycles. The summed E-state index contributed by atoms with van der Waals surface area (Å²) in [6.07, 6.45) is 1.56. The van der Waals surface area contributed by atoms with Crippen molar-refractivity contribution in [2.45, 2.75) is 31.5 Å². The molecule has 0 bridgehead atoms. The van der Waals surface area contributed by atoms with Gasteiger partial charge in [0.1, 0.15) is 5.82 Å². The van der Waals surface area contributed by atoms with E-state index in [1.165, 1.54) is 0 Å². The Bertz CT molecular complexity index is 710. The molecule has 1 aliphatic rings. The highest BCUT2D eigenvalue weighted by Gasteiger charge is 2.18. The van der Waals surface area contributed by atoms with Crippen molar-refractivity contribution in [2.75, 3.05) is 24.2 Å². The normalized spacial score (nSPS) is 13.1. The lowest BCUT2D eigenvalue weighted by Crippen LogP contribution is -2.18. The van der Waals surface area contributed by atoms with Gasteiger partial charge in [0.2, 0.25) is 0 Å². The molecule has 0 spiro atoms. The highest BCUT2D eigenvalue weighted by Crippen LogP contribution is 2.27. The van der Waals surface area contributed by atoms with E-state index in [1.54, 1.807) is 11.8 Å². The second kappa shape index (κ2) is 9.83. The Kier molecular flexibility index (Phi) is 8.10. The lowest BCUT2D eigenvalue weighted by molar-refractivity contribution is 0.109. The fourth-order valence-electron chi connectivity index (χ4n) is 2.63. The third kappa shape index (κ3) is 5.14. The monoisotopic (exact) mass is 419 g/mol. The molecule has 1 aromatic carbocycles. The van der Waals surface area contributed by atoms with Gasteiger partial charge in [0.05, 0.1) is 18.9 Å². The quantitative estimate of drug-likeness (QED) is 0.524. The summed E-state index contributed by atoms with van der Waals surface area (Å²) >= 11 is 14.1. The second-order valence-electron chi connectivity index (χ2n) is 5.39. The third-order valence-electron chi connectivity index (χ3n) is 3.80. The Morgan fingerprint density at radius 3 is 2.72 bits per heavy atom. The van der Waals surface area contributed by atoms with Crippen LogP contribution in [0.25, 0.3) is 0 Å². The van der Waals surface area contributed by atoms with E-state index in [1.807, 2.05) is 18.2 Å². The zero-order valence-electron chi connectivity index (χ0n) is 13.8. The Hall–Kier alpha value is -0.720. The third-order valence-corrected chi connectivity index (χ3v) is 5.24. The number of benzene rings is 1. The van der Waals surface area contributed by atoms with Crippen LogP contribution >= 0.6 is 47.4 Å². The number of nitrogens with one attached hydrogen (secondary N) is 1. The maximum absolute atomic E-state index is 6.23. The minimum Gasteiger partial charge on any atom is -0.376 e. The van der Waals surface area contributed by atoms with Crippen molar-refractivity contribution < 1.29 is 4.74 Å². The Morgan fingerprint density at radius 1 is 1.24 bits per heavy atom. The van der Waals surface area contributed by atoms with Gasteiger partial charge in [-0.25, -0.2) is 9.97 Å². The number of halogens is 3. The van der Waals surface area contributed by atoms with Gasteiger partial charge in [-0.3, -0.25) is 0 Å². The Balaban J connectivity index is 0.00000225. The molecule has 2 aromatic rings. The molecule has 0 amide bonds. The van der Waals surface area contributed by atoms with Gasteiger partial charge in [-0.05, 0) is 29.9 Å². The number of nitrogens with zero attached hydrogens (tertiary/aromatic N) is 2. The molecule has 0 saturated heterocycles. The molecule has 4 nitrogen and oxygen atoms in total. The standard InChI is InChI=1S/C17H19Cl2N3OS.ClH/c1-2-24-17-21-15-7-9-23-10-12(15)16(22-17)20-8-6-11-13(18)4-3-5-14(11)19;/h3-5H,2,6-10H2,1H3,(H,20,21,22);1H. The van der Waals surface area contributed by atoms with Gasteiger partial charge in [0.25, 0.3) is 0 Å². The number of hydrogen-bond donors (Lipinski definition) is 1. The van der Waals surface area contributed by atoms with E-state index in [0.717, 1.165) is 53.0 Å². The lowest BCUT2D eigenvalue weighted by atomic mass is 10.1. The van der Waals surface area contributed by atoms with Gasteiger partial charge in [-0.15, -0.1) is 12.4 Å². The van der Waals surface area contributed by atoms with Crippen molar-refractivity contribution in [1.29, 1.82) is 0 Å². The summed E-state index contributed by atoms with van der Waals surface area (Å²) in [5.74, 6) is 1.81. The summed E-state index contributed by atoms with van der Waals surface area (Å²) in [6, 6.07) is 5.58. The molecule has 0 unspecified atom stereocenters. The fourth-order valence-corrected chi connectivity index (χ4v) is 3.80. The summed E-state index contributed by atoms with van der Waals surface area (Å²) in [5.41, 5.74) is 3.10. The van der Waals surface area contributed by atoms with E-state index >= 15 is 0 Å². The van der Waals surface area contributed by atoms with Crippen LogP contribution in [-0.2, 0) is 24.2 Å². The number of thioether (sulfide) groups is 1. The van der Waals surface area contributed by atoms with Crippen molar-refractivity contribution in [1.82, 2.24) is 9.97 Å². The summed E-state index contributed by atoms with van der Waals surface area (Å²) in [5, 5.41) is 5.62. The molecule has 1 N–H and O–H groups in total. The summed E-state index contributed by atoms with van der Waals surface area (Å²) in [6.45, 7) is 4.07. The Morgan fingerprint density at radius 2 is 2.00 bits per heavy atom. The van der Waals surface area contributed by atoms with Gasteiger partial charge in [-0.2, -0.15) is 0 Å². The van der Waals surface area contributed by atoms with E-state index in [4.69, 9.17) is 27.9 Å². The molecule has 136 valence electrons. The first-order valence-electron chi connectivity index (χ1n) is 7.96. The summed E-state index contributed by atoms with van der Waals surface area (Å²) in [7, 11) is 0. The zero-order chi connectivity index (χ0) is 16.9. The predicted molar refractivity (Wildman–Crippen MR) is 108 cm³/mol. The maximum Gasteiger partial charge on any atom is 0.189 e. The highest BCUT2D eigenvalue weighted by atomic mass is 35.5. The molecule has 0 fully saturated rings. The van der Waals surface area contributed by atoms with Crippen LogP contribution in [0.15, 0.2) is 23.4 Å². The van der Waals surface area contributed by atoms with Crippen molar-refractivity contribution in [3.63, 3.8) is 0 Å². The van der Waals surface area contributed by atoms with E-state index in [9.17, 15) is 0 Å². The number of ether oxygens (including phenoxy) is 1. The molecule has 3 rings (SSSR count). The van der Waals surface area contributed by atoms with Crippen molar-refractivity contribution in [2.24, 2.45) is 0 Å². The van der Waals surface area contributed by atoms with Gasteiger partial charge in [0, 0.05) is 28.6 Å². The van der Waals surface area contributed by atoms with Crippen LogP contribution in [0.1, 0.15) is 23.7 Å². The number of fused-ring (bicyclic) bond motifs is 1. The van der Waals surface area contributed by atoms with Crippen molar-refractivity contribution >= 4 is 53.2 Å². The maximum atomic E-state index is 6.23. The average molecular weight is 421 g/mol. The van der Waals surface area contributed by atoms with Gasteiger partial charge < -0.3 is 10.1 Å². The Labute approximate surface area is 168 Å². The van der Waals surface area contributed by atoms with E-state index in [0.29, 0.717) is 23.2 Å². The zero-order valence-corrected chi connectivity index (χ0v) is 17.0. The molecule has 25 heavy (non-hydrogen) atoms. The second-order valence-corrected chi connectivity index (χ2v) is 7.44. The topological polar surface area (TPSA) is 47.0 Å². The largest absolute Gasteiger partial charge is 0.376 e. The van der Waals surface area contributed by atoms with E-state index in [-0.39, 0.29) is 12.4 Å². The van der Waals surface area contributed by atoms with Crippen LogP contribution in [0, 0.1) is 0 Å². The van der Waals surface area contributed by atoms with Crippen molar-refractivity contribution in [3.05, 3.63) is 45.1 Å². The smallest absolute Gasteiger partial charge is 0.189 e. The van der Waals surface area contributed by atoms with Gasteiger partial charge in [0.15, 0.2) is 5.16 Å². The van der Waals surface area contributed by atoms with E-state index in [2.05, 4.69) is 22.2 Å². The number of aromatic nitrogens is 2. The molecular weight excluding hydrogens is 401 g/mol. The molecule has 1 aromatic heterocycles. The number of rotatable bonds is 6. The summed E-state index contributed by atoms with van der Waals surface area (Å²) < 4.78 is 5.57. The van der Waals surface area contributed by atoms with Crippen LogP contribution < -0.4 is 5.32 Å². The first-order chi connectivity index (χ1) is 11.7. The van der Waals surface area contributed by atoms with Crippen LogP contribution in [0.3, 0.4) is 0 Å². The summed E-state index contributed by atoms with van der Waals surface area (Å²) in [4.78, 5) is 9.29. The molecular formula is C17H20Cl3N3OS. The minimum atomic E-state index is 0. The van der Waals surface area contributed by atoms with Crippen LogP contribution in [-0.4, -0.2) is 28.9 Å². The SMILES string of the molecule is CCSc1nc2c(c(NCCc3c(Cl)cccc3Cl)n1)COCC2.Cl. The number of anilines is 1. The highest BCUT2D eigenvalue weighted by molar-refractivity contribution is 7.99. The molecule has 8 heteroatoms. The molecule has 0 atom stereocenters. The lowest BCUT2D eigenvalue weighted by Gasteiger charge is -2.20. The predicted octanol–water partition coefficient (Wildman–Crippen LogP) is 5.04. The minimum absolute atomic E-state index is 0. The van der Waals surface area contributed by atoms with Gasteiger partial charge >= 0.3 is 0 Å². The van der Waals surface area contributed by atoms with Crippen LogP contribution in [0.2, 0.25) is 10.0 Å². The fraction of sp³-hybridized carbons (Fsp3) is 0.412. The van der Waals surface area contributed by atoms with Crippen molar-refractivity contribution in [3.8, 4) is 0 Å². The molecule has 1 aliphatic heterocycles. The first-order valence-corrected chi connectivity index (χ1v) is 9.70. The van der Waals surface area contributed by atoms with Crippen LogP contribution in [0.5, 0.6) is 0 Å².